The molecule has 1 aliphatic rings. The number of allylic oxidation sites excluding steroid dienone is 1. The quantitative estimate of drug-likeness (QED) is 0.572. The average molecular weight is 126 g/mol. The third-order valence-electron chi connectivity index (χ3n) is 1.65. The Bertz CT molecular complexity index is 112. The zero-order valence-electron chi connectivity index (χ0n) is 5.93. The molecule has 0 aromatic heterocycles. The predicted molar refractivity (Wildman–Crippen MR) is 38.2 cm³/mol. The topological polar surface area (TPSA) is 20.2 Å². The molecule has 1 N–H and O–H groups in total. The lowest BCUT2D eigenvalue weighted by molar-refractivity contribution is 0.202. The van der Waals surface area contributed by atoms with Crippen LogP contribution in [0, 0.1) is 0 Å². The van der Waals surface area contributed by atoms with E-state index >= 15 is 0 Å². The van der Waals surface area contributed by atoms with Gasteiger partial charge in [-0.1, -0.05) is 25.5 Å². The van der Waals surface area contributed by atoms with Crippen LogP contribution in [0.5, 0.6) is 0 Å². The Kier molecular flexibility index (Phi) is 1.91. The molecule has 0 aliphatic heterocycles. The van der Waals surface area contributed by atoms with Gasteiger partial charge in [0.15, 0.2) is 0 Å². The zero-order chi connectivity index (χ0) is 6.74. The van der Waals surface area contributed by atoms with E-state index < -0.39 is 0 Å². The first-order valence-electron chi connectivity index (χ1n) is 3.67. The van der Waals surface area contributed by atoms with E-state index in [0.717, 1.165) is 19.3 Å². The molecule has 0 amide bonds. The second-order valence-electron chi connectivity index (χ2n) is 2.79. The molecular weight excluding hydrogens is 112 g/mol. The Morgan fingerprint density at radius 2 is 2.22 bits per heavy atom. The lowest BCUT2D eigenvalue weighted by atomic mass is 10.2. The van der Waals surface area contributed by atoms with Gasteiger partial charge in [-0.3, -0.25) is 0 Å². The molecule has 0 bridgehead atoms. The van der Waals surface area contributed by atoms with Crippen LogP contribution in [-0.4, -0.2) is 10.7 Å². The lowest BCUT2D eigenvalue weighted by Gasteiger charge is -1.95. The predicted octanol–water partition coefficient (Wildman–Crippen LogP) is 1.87. The molecule has 0 atom stereocenters. The number of aliphatic hydroxyl groups is 1. The van der Waals surface area contributed by atoms with Crippen molar-refractivity contribution in [3.8, 4) is 0 Å². The summed E-state index contributed by atoms with van der Waals surface area (Å²) in [5.74, 6) is 0. The molecule has 1 nitrogen and oxygen atoms in total. The molecule has 1 fully saturated rings. The second kappa shape index (κ2) is 2.53. The highest BCUT2D eigenvalue weighted by molar-refractivity contribution is 5.10. The molecule has 0 spiro atoms. The Labute approximate surface area is 56.4 Å². The van der Waals surface area contributed by atoms with Gasteiger partial charge in [0.1, 0.15) is 0 Å². The third kappa shape index (κ3) is 2.19. The van der Waals surface area contributed by atoms with E-state index in [1.165, 1.54) is 6.42 Å². The van der Waals surface area contributed by atoms with E-state index in [9.17, 15) is 5.11 Å². The van der Waals surface area contributed by atoms with E-state index in [4.69, 9.17) is 0 Å². The minimum absolute atomic E-state index is 0.380. The first kappa shape index (κ1) is 6.81. The van der Waals surface area contributed by atoms with E-state index in [-0.39, 0.29) is 5.60 Å². The van der Waals surface area contributed by atoms with Crippen LogP contribution in [0.3, 0.4) is 0 Å². The molecule has 9 heavy (non-hydrogen) atoms. The maximum Gasteiger partial charge on any atom is 0.0830 e. The molecular formula is C8H14O. The first-order chi connectivity index (χ1) is 4.27. The zero-order valence-corrected chi connectivity index (χ0v) is 5.93. The van der Waals surface area contributed by atoms with Gasteiger partial charge in [-0.15, -0.1) is 0 Å². The van der Waals surface area contributed by atoms with Crippen LogP contribution in [0.25, 0.3) is 0 Å². The van der Waals surface area contributed by atoms with Crippen LogP contribution < -0.4 is 0 Å². The molecule has 0 aromatic rings. The summed E-state index contributed by atoms with van der Waals surface area (Å²) in [4.78, 5) is 0. The molecule has 0 unspecified atom stereocenters. The summed E-state index contributed by atoms with van der Waals surface area (Å²) in [6.07, 6.45) is 8.22. The highest BCUT2D eigenvalue weighted by atomic mass is 16.3. The van der Waals surface area contributed by atoms with Crippen molar-refractivity contribution in [1.82, 2.24) is 0 Å². The van der Waals surface area contributed by atoms with Gasteiger partial charge < -0.3 is 5.11 Å². The Hall–Kier alpha value is -0.300. The molecule has 0 saturated heterocycles. The fourth-order valence-electron chi connectivity index (χ4n) is 0.764. The summed E-state index contributed by atoms with van der Waals surface area (Å²) in [7, 11) is 0. The van der Waals surface area contributed by atoms with Crippen molar-refractivity contribution in [3.05, 3.63) is 12.2 Å². The SMILES string of the molecule is CCC/C=C/C1(O)CC1. The number of unbranched alkanes of at least 4 members (excludes halogenated alkanes) is 1. The highest BCUT2D eigenvalue weighted by Crippen LogP contribution is 2.36. The van der Waals surface area contributed by atoms with E-state index in [2.05, 4.69) is 13.0 Å². The summed E-state index contributed by atoms with van der Waals surface area (Å²) in [5, 5.41) is 9.27. The van der Waals surface area contributed by atoms with Crippen molar-refractivity contribution in [3.63, 3.8) is 0 Å². The second-order valence-corrected chi connectivity index (χ2v) is 2.79. The van der Waals surface area contributed by atoms with Crippen molar-refractivity contribution in [2.45, 2.75) is 38.2 Å². The van der Waals surface area contributed by atoms with Crippen LogP contribution in [0.2, 0.25) is 0 Å². The van der Waals surface area contributed by atoms with E-state index in [0.29, 0.717) is 0 Å². The van der Waals surface area contributed by atoms with Gasteiger partial charge in [-0.25, -0.2) is 0 Å². The van der Waals surface area contributed by atoms with Crippen molar-refractivity contribution >= 4 is 0 Å². The van der Waals surface area contributed by atoms with Gasteiger partial charge in [-0.2, -0.15) is 0 Å². The lowest BCUT2D eigenvalue weighted by Crippen LogP contribution is -1.99. The van der Waals surface area contributed by atoms with Crippen LogP contribution in [0.4, 0.5) is 0 Å². The molecule has 1 aliphatic carbocycles. The Balaban J connectivity index is 2.15. The molecule has 52 valence electrons. The van der Waals surface area contributed by atoms with E-state index in [1.54, 1.807) is 0 Å². The largest absolute Gasteiger partial charge is 0.386 e. The molecule has 0 radical (unpaired) electrons. The summed E-state index contributed by atoms with van der Waals surface area (Å²) >= 11 is 0. The maximum absolute atomic E-state index is 9.27. The van der Waals surface area contributed by atoms with Crippen LogP contribution in [-0.2, 0) is 0 Å². The summed E-state index contributed by atoms with van der Waals surface area (Å²) < 4.78 is 0. The monoisotopic (exact) mass is 126 g/mol. The summed E-state index contributed by atoms with van der Waals surface area (Å²) in [5.41, 5.74) is -0.380. The fourth-order valence-corrected chi connectivity index (χ4v) is 0.764. The molecule has 1 saturated carbocycles. The number of hydrogen-bond donors (Lipinski definition) is 1. The summed E-state index contributed by atoms with van der Waals surface area (Å²) in [6, 6.07) is 0. The normalized spacial score (nSPS) is 22.9. The van der Waals surface area contributed by atoms with Gasteiger partial charge >= 0.3 is 0 Å². The van der Waals surface area contributed by atoms with Gasteiger partial charge in [0, 0.05) is 0 Å². The highest BCUT2D eigenvalue weighted by Gasteiger charge is 2.36. The third-order valence-corrected chi connectivity index (χ3v) is 1.65. The Morgan fingerprint density at radius 1 is 1.56 bits per heavy atom. The van der Waals surface area contributed by atoms with Gasteiger partial charge in [0.25, 0.3) is 0 Å². The molecule has 0 heterocycles. The van der Waals surface area contributed by atoms with Crippen molar-refractivity contribution in [2.24, 2.45) is 0 Å². The molecule has 0 aromatic carbocycles. The standard InChI is InChI=1S/C8H14O/c1-2-3-4-5-8(9)6-7-8/h4-5,9H,2-3,6-7H2,1H3/b5-4+. The number of rotatable bonds is 3. The van der Waals surface area contributed by atoms with E-state index in [1.807, 2.05) is 6.08 Å². The number of hydrogen-bond acceptors (Lipinski definition) is 1. The van der Waals surface area contributed by atoms with Crippen molar-refractivity contribution in [1.29, 1.82) is 0 Å². The van der Waals surface area contributed by atoms with Crippen molar-refractivity contribution in [2.75, 3.05) is 0 Å². The Morgan fingerprint density at radius 3 is 2.67 bits per heavy atom. The van der Waals surface area contributed by atoms with Crippen LogP contribution >= 0.6 is 0 Å². The minimum Gasteiger partial charge on any atom is -0.386 e. The first-order valence-corrected chi connectivity index (χ1v) is 3.67. The van der Waals surface area contributed by atoms with Gasteiger partial charge in [0.05, 0.1) is 5.60 Å². The van der Waals surface area contributed by atoms with Crippen LogP contribution in [0.1, 0.15) is 32.6 Å². The van der Waals surface area contributed by atoms with Crippen LogP contribution in [0.15, 0.2) is 12.2 Å². The van der Waals surface area contributed by atoms with Crippen molar-refractivity contribution < 1.29 is 5.11 Å². The molecule has 1 heteroatoms. The summed E-state index contributed by atoms with van der Waals surface area (Å²) in [6.45, 7) is 2.14. The average Bonchev–Trinajstić information content (AvgIpc) is 2.50. The fraction of sp³-hybridized carbons (Fsp3) is 0.750. The smallest absolute Gasteiger partial charge is 0.0830 e. The molecule has 1 rings (SSSR count). The maximum atomic E-state index is 9.27. The minimum atomic E-state index is -0.380. The van der Waals surface area contributed by atoms with Gasteiger partial charge in [-0.05, 0) is 19.3 Å². The van der Waals surface area contributed by atoms with Gasteiger partial charge in [0.2, 0.25) is 0 Å².